The number of carbonyl (C=O) groups excluding carboxylic acids is 1. The third kappa shape index (κ3) is 4.73. The molecule has 3 aromatic rings. The van der Waals surface area contributed by atoms with Crippen molar-refractivity contribution in [2.45, 2.75) is 57.9 Å². The van der Waals surface area contributed by atoms with Crippen molar-refractivity contribution in [2.75, 3.05) is 4.72 Å². The molecule has 194 valence electrons. The zero-order valence-electron chi connectivity index (χ0n) is 20.2. The van der Waals surface area contributed by atoms with Gasteiger partial charge in [0.05, 0.1) is 21.5 Å². The molecule has 1 aliphatic carbocycles. The quantitative estimate of drug-likeness (QED) is 0.428. The van der Waals surface area contributed by atoms with Gasteiger partial charge in [-0.25, -0.2) is 17.8 Å². The molecule has 36 heavy (non-hydrogen) atoms. The van der Waals surface area contributed by atoms with E-state index in [2.05, 4.69) is 14.4 Å². The molecule has 0 aliphatic heterocycles. The van der Waals surface area contributed by atoms with E-state index in [-0.39, 0.29) is 28.7 Å². The molecule has 0 bridgehead atoms. The first-order valence-electron chi connectivity index (χ1n) is 11.3. The van der Waals surface area contributed by atoms with E-state index >= 15 is 0 Å². The number of hydrogen-bond acceptors (Lipinski definition) is 5. The molecule has 1 saturated carbocycles. The minimum atomic E-state index is -3.72. The van der Waals surface area contributed by atoms with Crippen LogP contribution in [0.3, 0.4) is 0 Å². The Kier molecular flexibility index (Phi) is 6.44. The smallest absolute Gasteiger partial charge is 0.387 e. The number of aromatic nitrogens is 2. The van der Waals surface area contributed by atoms with Crippen LogP contribution in [-0.4, -0.2) is 35.2 Å². The maximum Gasteiger partial charge on any atom is 0.387 e. The number of nitrogens with two attached hydrogens (primary N) is 1. The lowest BCUT2D eigenvalue weighted by Crippen LogP contribution is -2.33. The molecule has 8 nitrogen and oxygen atoms in total. The van der Waals surface area contributed by atoms with E-state index in [9.17, 15) is 26.4 Å². The number of primary amides is 1. The number of carbonyl (C=O) groups is 1. The summed E-state index contributed by atoms with van der Waals surface area (Å²) in [7, 11) is -3.72. The summed E-state index contributed by atoms with van der Waals surface area (Å²) in [4.78, 5) is 16.8. The first-order valence-corrected chi connectivity index (χ1v) is 12.8. The van der Waals surface area contributed by atoms with E-state index in [1.807, 2.05) is 6.92 Å². The average molecular weight is 525 g/mol. The van der Waals surface area contributed by atoms with Crippen LogP contribution in [0.5, 0.6) is 5.75 Å². The number of nitrogens with one attached hydrogen (secondary N) is 1. The van der Waals surface area contributed by atoms with E-state index in [1.165, 1.54) is 12.3 Å². The highest BCUT2D eigenvalue weighted by Gasteiger charge is 2.35. The van der Waals surface area contributed by atoms with Crippen LogP contribution in [0.25, 0.3) is 22.2 Å². The number of benzene rings is 1. The molecule has 1 atom stereocenters. The number of amides is 1. The molecule has 12 heteroatoms. The predicted molar refractivity (Wildman–Crippen MR) is 130 cm³/mol. The van der Waals surface area contributed by atoms with Gasteiger partial charge in [-0.2, -0.15) is 8.78 Å². The molecule has 1 aromatic carbocycles. The van der Waals surface area contributed by atoms with Crippen LogP contribution in [0.1, 0.15) is 56.9 Å². The molecule has 0 saturated heterocycles. The molecular formula is C24H27F3N4O4S. The molecule has 1 fully saturated rings. The number of halogens is 3. The molecule has 3 N–H and O–H groups in total. The Morgan fingerprint density at radius 2 is 1.92 bits per heavy atom. The van der Waals surface area contributed by atoms with Gasteiger partial charge in [-0.05, 0) is 64.7 Å². The lowest BCUT2D eigenvalue weighted by atomic mass is 10.1. The molecule has 2 heterocycles. The highest BCUT2D eigenvalue weighted by Crippen LogP contribution is 2.46. The summed E-state index contributed by atoms with van der Waals surface area (Å²) < 4.78 is 72.8. The highest BCUT2D eigenvalue weighted by atomic mass is 32.2. The summed E-state index contributed by atoms with van der Waals surface area (Å²) in [5.74, 6) is -2.21. The second kappa shape index (κ2) is 8.99. The van der Waals surface area contributed by atoms with E-state index in [0.29, 0.717) is 16.8 Å². The Morgan fingerprint density at radius 3 is 2.42 bits per heavy atom. The molecule has 2 aromatic heterocycles. The van der Waals surface area contributed by atoms with Crippen molar-refractivity contribution in [3.05, 3.63) is 41.8 Å². The second-order valence-corrected chi connectivity index (χ2v) is 12.3. The maximum absolute atomic E-state index is 14.6. The minimum Gasteiger partial charge on any atom is -0.432 e. The summed E-state index contributed by atoms with van der Waals surface area (Å²) in [6, 6.07) is 4.94. The molecule has 4 rings (SSSR count). The zero-order valence-corrected chi connectivity index (χ0v) is 21.0. The number of hydrogen-bond donors (Lipinski definition) is 2. The van der Waals surface area contributed by atoms with Crippen molar-refractivity contribution in [3.8, 4) is 17.0 Å². The van der Waals surface area contributed by atoms with Gasteiger partial charge < -0.3 is 15.0 Å². The molecule has 1 amide bonds. The average Bonchev–Trinajstić information content (AvgIpc) is 3.55. The molecule has 1 aliphatic rings. The fourth-order valence-electron chi connectivity index (χ4n) is 4.13. The van der Waals surface area contributed by atoms with Crippen LogP contribution in [0, 0.1) is 11.7 Å². The topological polar surface area (TPSA) is 116 Å². The first kappa shape index (κ1) is 25.8. The number of rotatable bonds is 8. The standard InChI is InChI=1S/C24H27F3N4O4S/c1-12(13-5-6-13)31-17-10-18(35-23(26)27)16(25)9-15(17)20(22(28)32)21(31)14-7-8-19(29-11-14)30-36(33,34)24(2,3)4/h7-13,23H,5-6H2,1-4H3,(H2,28,32)(H,29,30)/t12-/m0/s1. The number of anilines is 1. The number of fused-ring (bicyclic) bond motifs is 1. The van der Waals surface area contributed by atoms with Gasteiger partial charge in [-0.15, -0.1) is 0 Å². The largest absolute Gasteiger partial charge is 0.432 e. The fourth-order valence-corrected chi connectivity index (χ4v) is 4.83. The molecule has 0 spiro atoms. The Labute approximate surface area is 206 Å². The van der Waals surface area contributed by atoms with Crippen LogP contribution in [0.15, 0.2) is 30.5 Å². The Bertz CT molecular complexity index is 1430. The van der Waals surface area contributed by atoms with Gasteiger partial charge in [0.25, 0.3) is 5.91 Å². The number of alkyl halides is 2. The van der Waals surface area contributed by atoms with E-state index in [1.54, 1.807) is 31.4 Å². The lowest BCUT2D eigenvalue weighted by Gasteiger charge is -2.21. The number of ether oxygens (including phenoxy) is 1. The van der Waals surface area contributed by atoms with Crippen molar-refractivity contribution in [1.29, 1.82) is 0 Å². The number of sulfonamides is 1. The van der Waals surface area contributed by atoms with Crippen LogP contribution < -0.4 is 15.2 Å². The van der Waals surface area contributed by atoms with Gasteiger partial charge in [0.1, 0.15) is 5.82 Å². The van der Waals surface area contributed by atoms with Gasteiger partial charge in [0.2, 0.25) is 10.0 Å². The summed E-state index contributed by atoms with van der Waals surface area (Å²) in [6.45, 7) is 3.33. The Morgan fingerprint density at radius 1 is 1.25 bits per heavy atom. The van der Waals surface area contributed by atoms with Crippen molar-refractivity contribution < 1.29 is 31.1 Å². The Hall–Kier alpha value is -3.28. The SMILES string of the molecule is C[C@@H](C1CC1)n1c(-c2ccc(NS(=O)(=O)C(C)(C)C)nc2)c(C(N)=O)c2cc(F)c(OC(F)F)cc21. The first-order chi connectivity index (χ1) is 16.7. The monoisotopic (exact) mass is 524 g/mol. The summed E-state index contributed by atoms with van der Waals surface area (Å²) in [5, 5.41) is 0.154. The second-order valence-electron chi connectivity index (χ2n) is 9.86. The van der Waals surface area contributed by atoms with Crippen molar-refractivity contribution >= 4 is 32.7 Å². The molecule has 0 unspecified atom stereocenters. The fraction of sp³-hybridized carbons (Fsp3) is 0.417. The maximum atomic E-state index is 14.6. The molecule has 0 radical (unpaired) electrons. The summed E-state index contributed by atoms with van der Waals surface area (Å²) in [5.41, 5.74) is 6.79. The van der Waals surface area contributed by atoms with Crippen LogP contribution in [0.4, 0.5) is 19.0 Å². The van der Waals surface area contributed by atoms with E-state index < -0.39 is 38.9 Å². The van der Waals surface area contributed by atoms with Gasteiger partial charge >= 0.3 is 6.61 Å². The van der Waals surface area contributed by atoms with Crippen molar-refractivity contribution in [3.63, 3.8) is 0 Å². The van der Waals surface area contributed by atoms with Crippen LogP contribution in [0.2, 0.25) is 0 Å². The van der Waals surface area contributed by atoms with Crippen LogP contribution in [-0.2, 0) is 10.0 Å². The van der Waals surface area contributed by atoms with Crippen LogP contribution >= 0.6 is 0 Å². The predicted octanol–water partition coefficient (Wildman–Crippen LogP) is 5.05. The summed E-state index contributed by atoms with van der Waals surface area (Å²) in [6.07, 6.45) is 3.24. The third-order valence-corrected chi connectivity index (χ3v) is 8.40. The summed E-state index contributed by atoms with van der Waals surface area (Å²) >= 11 is 0. The van der Waals surface area contributed by atoms with Crippen molar-refractivity contribution in [1.82, 2.24) is 9.55 Å². The number of nitrogens with zero attached hydrogens (tertiary/aromatic N) is 2. The van der Waals surface area contributed by atoms with Gasteiger partial charge in [-0.1, -0.05) is 0 Å². The number of pyridine rings is 1. The van der Waals surface area contributed by atoms with Gasteiger partial charge in [0.15, 0.2) is 11.6 Å². The van der Waals surface area contributed by atoms with Crippen molar-refractivity contribution in [2.24, 2.45) is 11.7 Å². The van der Waals surface area contributed by atoms with E-state index in [0.717, 1.165) is 25.0 Å². The normalized spacial score (nSPS) is 15.3. The Balaban J connectivity index is 1.91. The molecular weight excluding hydrogens is 497 g/mol. The zero-order chi connectivity index (χ0) is 26.6. The van der Waals surface area contributed by atoms with Gasteiger partial charge in [0, 0.05) is 29.3 Å². The lowest BCUT2D eigenvalue weighted by molar-refractivity contribution is -0.0521. The highest BCUT2D eigenvalue weighted by molar-refractivity contribution is 7.94. The van der Waals surface area contributed by atoms with Gasteiger partial charge in [-0.3, -0.25) is 9.52 Å². The minimum absolute atomic E-state index is 0.00446. The third-order valence-electron chi connectivity index (χ3n) is 6.31. The van der Waals surface area contributed by atoms with E-state index in [4.69, 9.17) is 5.73 Å².